The summed E-state index contributed by atoms with van der Waals surface area (Å²) in [7, 11) is 1.84. The average Bonchev–Trinajstić information content (AvgIpc) is 0.810. The molecule has 19 atom stereocenters. The number of aliphatic carboxylic acids is 4. The number of aliphatic hydroxyl groups is 15. The number of carbonyl (C=O) groups excluding carboxylic acids is 11. The highest BCUT2D eigenvalue weighted by atomic mass is 33.1. The molecular formula is C69H104N16O36S2. The number of ether oxygens (including phenoxy) is 1. The molecule has 0 aliphatic rings. The monoisotopic (exact) mass is 1800 g/mol. The van der Waals surface area contributed by atoms with Gasteiger partial charge in [-0.2, -0.15) is 4.98 Å². The summed E-state index contributed by atoms with van der Waals surface area (Å²) in [6.07, 6.45) is -35.1. The molecule has 33 N–H and O–H groups in total. The number of fused-ring (bicyclic) bond motifs is 1. The number of aromatic nitrogens is 4. The smallest absolute Gasteiger partial charge is 0.327 e. The van der Waals surface area contributed by atoms with E-state index in [0.717, 1.165) is 28.5 Å². The van der Waals surface area contributed by atoms with Crippen LogP contribution in [0.2, 0.25) is 0 Å². The average molecular weight is 1800 g/mol. The summed E-state index contributed by atoms with van der Waals surface area (Å²) in [4.78, 5) is 228. The number of nitrogens with two attached hydrogens (primary N) is 1. The van der Waals surface area contributed by atoms with Crippen LogP contribution in [0.4, 0.5) is 11.6 Å². The number of nitrogens with zero attached hydrogens (tertiary/aromatic N) is 3. The van der Waals surface area contributed by atoms with E-state index in [1.54, 1.807) is 0 Å². The number of benzene rings is 1. The van der Waals surface area contributed by atoms with Gasteiger partial charge in [0.15, 0.2) is 11.2 Å². The van der Waals surface area contributed by atoms with Gasteiger partial charge in [0.1, 0.15) is 104 Å². The van der Waals surface area contributed by atoms with Gasteiger partial charge < -0.3 is 166 Å². The first-order valence-electron chi connectivity index (χ1n) is 37.5. The molecule has 3 aromatic rings. The fraction of sp³-hybridized carbons (Fsp3) is 0.609. The lowest BCUT2D eigenvalue weighted by molar-refractivity contribution is -0.142. The van der Waals surface area contributed by atoms with Crippen molar-refractivity contribution < 1.29 is 174 Å². The van der Waals surface area contributed by atoms with E-state index in [4.69, 9.17) is 15.6 Å². The molecule has 0 aliphatic heterocycles. The minimum atomic E-state index is -2.27. The fourth-order valence-corrected chi connectivity index (χ4v) is 12.6. The zero-order chi connectivity index (χ0) is 92.5. The van der Waals surface area contributed by atoms with Crippen LogP contribution >= 0.6 is 21.6 Å². The normalized spacial score (nSPS) is 16.0. The molecule has 0 aliphatic carbocycles. The Labute approximate surface area is 704 Å². The standard InChI is InChI=1S/C69H104N16O36S2/c1-29(89)121-18-19-122-123-28-39(68(119)120)83-65(115)35(8-14-48(98)74-24-42(92)55(106)58(109)45(95)27-88)79-64(114)37(11-17-51(102)103)81-62(112)34(7-13-47(97)73-23-41(91)54(105)57(108)44(94)26-87)78-63(113)36(10-16-50(100)101)80-61(111)33(6-12-46(96)72-22-40(90)53(104)56(107)43(93)25-86)77-49(99)15-9-38(67(117)118)82-60(110)30-2-4-31(5-3-30)71-20-32-21-75-59-52(76-32)66(116)85-69(70)84-59/h2-5,21,33-45,53-58,71,86-88,90-95,104-109H,6-20,22-28H2,1H3,(H,72,96)(H,73,97)(H,74,98)(H,77,99)(H,78,113)(H,79,114)(H,80,111)(H,81,112)(H,82,110)(H,83,115)(H,100,101)(H,102,103)(H,117,118)(H,119,120)(H3,70,75,84,85,116)/t33-,34-,35-,36-,37-,38-,39-,40-,41-,42-,43+,44+,45+,53+,54+,55+,56+,57+,58+/m0/s1. The van der Waals surface area contributed by atoms with Crippen LogP contribution in [0.15, 0.2) is 35.3 Å². The Morgan fingerprint density at radius 2 is 0.805 bits per heavy atom. The molecule has 10 amide bonds. The zero-order valence-corrected chi connectivity index (χ0v) is 67.2. The number of carboxylic acids is 4. The summed E-state index contributed by atoms with van der Waals surface area (Å²) < 4.78 is 4.83. The summed E-state index contributed by atoms with van der Waals surface area (Å²) >= 11 is 0. The Morgan fingerprint density at radius 3 is 1.18 bits per heavy atom. The molecule has 2 heterocycles. The van der Waals surface area contributed by atoms with Crippen LogP contribution in [0.25, 0.3) is 11.2 Å². The predicted molar refractivity (Wildman–Crippen MR) is 419 cm³/mol. The number of aromatic amines is 1. The van der Waals surface area contributed by atoms with E-state index >= 15 is 0 Å². The second kappa shape index (κ2) is 54.6. The third kappa shape index (κ3) is 38.7. The van der Waals surface area contributed by atoms with Gasteiger partial charge in [-0.25, -0.2) is 19.6 Å². The van der Waals surface area contributed by atoms with Gasteiger partial charge in [0.05, 0.1) is 56.6 Å². The van der Waals surface area contributed by atoms with E-state index in [-0.39, 0.29) is 47.3 Å². The molecule has 0 bridgehead atoms. The van der Waals surface area contributed by atoms with Crippen molar-refractivity contribution in [2.45, 2.75) is 206 Å². The van der Waals surface area contributed by atoms with Crippen LogP contribution < -0.4 is 69.8 Å². The quantitative estimate of drug-likeness (QED) is 0.0142. The third-order valence-electron chi connectivity index (χ3n) is 17.7. The maximum absolute atomic E-state index is 14.8. The topological polar surface area (TPSA) is 880 Å². The fourth-order valence-electron chi connectivity index (χ4n) is 10.6. The van der Waals surface area contributed by atoms with Gasteiger partial charge >= 0.3 is 29.8 Å². The molecule has 2 aromatic heterocycles. The highest BCUT2D eigenvalue weighted by Gasteiger charge is 2.38. The highest BCUT2D eigenvalue weighted by Crippen LogP contribution is 2.23. The summed E-state index contributed by atoms with van der Waals surface area (Å²) in [5.74, 6) is -21.0. The van der Waals surface area contributed by atoms with Gasteiger partial charge in [0.2, 0.25) is 59.1 Å². The Hall–Kier alpha value is -10.8. The second-order valence-electron chi connectivity index (χ2n) is 27.3. The van der Waals surface area contributed by atoms with Crippen molar-refractivity contribution in [1.82, 2.24) is 73.1 Å². The first-order chi connectivity index (χ1) is 57.9. The number of hydrogen-bond donors (Lipinski definition) is 32. The van der Waals surface area contributed by atoms with Crippen molar-refractivity contribution in [1.29, 1.82) is 0 Å². The van der Waals surface area contributed by atoms with Crippen LogP contribution in [-0.4, -0.2) is 379 Å². The van der Waals surface area contributed by atoms with E-state index in [1.165, 1.54) is 30.5 Å². The number of nitrogens with one attached hydrogen (secondary N) is 12. The molecule has 0 unspecified atom stereocenters. The number of amides is 10. The molecule has 0 saturated carbocycles. The molecule has 0 radical (unpaired) electrons. The lowest BCUT2D eigenvalue weighted by Crippen LogP contribution is -2.60. The Bertz CT molecular complexity index is 4090. The van der Waals surface area contributed by atoms with E-state index in [9.17, 15) is 169 Å². The maximum atomic E-state index is 14.8. The number of carboxylic acid groups (broad SMARTS) is 4. The molecule has 123 heavy (non-hydrogen) atoms. The van der Waals surface area contributed by atoms with Gasteiger partial charge in [-0.05, 0) is 62.8 Å². The van der Waals surface area contributed by atoms with E-state index in [1.807, 2.05) is 0 Å². The Balaban J connectivity index is 2.09. The summed E-state index contributed by atoms with van der Waals surface area (Å²) in [5.41, 5.74) is 5.34. The van der Waals surface area contributed by atoms with Gasteiger partial charge in [0.25, 0.3) is 11.5 Å². The molecule has 0 saturated heterocycles. The molecule has 52 nitrogen and oxygen atoms in total. The van der Waals surface area contributed by atoms with Gasteiger partial charge in [-0.15, -0.1) is 0 Å². The number of carbonyl (C=O) groups is 15. The molecule has 0 spiro atoms. The second-order valence-corrected chi connectivity index (χ2v) is 29.9. The first kappa shape index (κ1) is 106. The third-order valence-corrected chi connectivity index (χ3v) is 20.1. The maximum Gasteiger partial charge on any atom is 0.327 e. The van der Waals surface area contributed by atoms with E-state index in [2.05, 4.69) is 78.4 Å². The van der Waals surface area contributed by atoms with Crippen molar-refractivity contribution >= 4 is 133 Å². The van der Waals surface area contributed by atoms with Crippen LogP contribution in [0.1, 0.15) is 100 Å². The van der Waals surface area contributed by atoms with Crippen LogP contribution in [-0.2, 0) is 78.4 Å². The minimum absolute atomic E-state index is 0.00323. The molecule has 1 aromatic carbocycles. The SMILES string of the molecule is CC(=O)OCCSSC[C@H](NC(=O)[C@H](CCC(=O)NC[C@H](O)[C@@H](O)[C@H](O)[C@H](O)CO)NC(=O)[C@H](CCC(=O)O)NC(=O)[C@H](CCC(=O)NC[C@H](O)[C@@H](O)[C@H](O)[C@H](O)CO)NC(=O)[C@H](CCC(=O)O)NC(=O)[C@H](CCC(=O)NC[C@H](O)[C@@H](O)[C@H](O)[C@H](O)CO)NC(=O)CC[C@H](NC(=O)c1ccc(NCc2cnc3nc(N)[nH]c(=O)c3n2)cc1)C(=O)O)C(=O)O. The van der Waals surface area contributed by atoms with Crippen LogP contribution in [0.3, 0.4) is 0 Å². The van der Waals surface area contributed by atoms with E-state index < -0.39 is 332 Å². The number of hydrogen-bond acceptors (Lipinski definition) is 39. The number of aliphatic hydroxyl groups excluding tert-OH is 15. The van der Waals surface area contributed by atoms with Crippen LogP contribution in [0, 0.1) is 0 Å². The van der Waals surface area contributed by atoms with Gasteiger partial charge in [-0.1, -0.05) is 21.6 Å². The Kier molecular flexibility index (Phi) is 47.3. The largest absolute Gasteiger partial charge is 0.481 e. The lowest BCUT2D eigenvalue weighted by atomic mass is 10.0. The number of rotatable bonds is 60. The Morgan fingerprint density at radius 1 is 0.447 bits per heavy atom. The van der Waals surface area contributed by atoms with Crippen molar-refractivity contribution in [3.8, 4) is 0 Å². The number of H-pyrrole nitrogens is 1. The molecule has 688 valence electrons. The zero-order valence-electron chi connectivity index (χ0n) is 65.6. The number of esters is 1. The lowest BCUT2D eigenvalue weighted by Gasteiger charge is -2.28. The van der Waals surface area contributed by atoms with Gasteiger partial charge in [-0.3, -0.25) is 72.1 Å². The first-order valence-corrected chi connectivity index (χ1v) is 39.9. The number of nitrogen functional groups attached to an aromatic ring is 1. The summed E-state index contributed by atoms with van der Waals surface area (Å²) in [6.45, 7) is -5.03. The highest BCUT2D eigenvalue weighted by molar-refractivity contribution is 8.76. The van der Waals surface area contributed by atoms with Crippen LogP contribution in [0.5, 0.6) is 0 Å². The summed E-state index contributed by atoms with van der Waals surface area (Å²) in [6, 6.07) is -9.18. The predicted octanol–water partition coefficient (Wildman–Crippen LogP) is -13.5. The number of anilines is 2. The van der Waals surface area contributed by atoms with Crippen molar-refractivity contribution in [3.63, 3.8) is 0 Å². The van der Waals surface area contributed by atoms with Crippen molar-refractivity contribution in [3.05, 3.63) is 52.1 Å². The summed E-state index contributed by atoms with van der Waals surface area (Å²) in [5, 5.41) is 214. The molecule has 0 fully saturated rings. The minimum Gasteiger partial charge on any atom is -0.481 e. The van der Waals surface area contributed by atoms with Crippen molar-refractivity contribution in [2.75, 3.05) is 68.6 Å². The molecular weight excluding hydrogens is 1690 g/mol. The molecule has 54 heteroatoms. The van der Waals surface area contributed by atoms with Crippen molar-refractivity contribution in [2.24, 2.45) is 0 Å². The molecule has 3 rings (SSSR count). The van der Waals surface area contributed by atoms with E-state index in [0.29, 0.717) is 5.69 Å². The van der Waals surface area contributed by atoms with Gasteiger partial charge in [0, 0.05) is 87.8 Å².